The van der Waals surface area contributed by atoms with Crippen LogP contribution >= 0.6 is 23.5 Å². The minimum Gasteiger partial charge on any atom is -0.268 e. The average molecular weight is 803 g/mol. The van der Waals surface area contributed by atoms with Crippen molar-refractivity contribution in [2.24, 2.45) is 0 Å². The number of thioether (sulfide) groups is 2. The molecule has 2 spiro atoms. The second kappa shape index (κ2) is 15.8. The van der Waals surface area contributed by atoms with Crippen molar-refractivity contribution < 1.29 is 0 Å². The highest BCUT2D eigenvalue weighted by Gasteiger charge is 2.45. The summed E-state index contributed by atoms with van der Waals surface area (Å²) in [7, 11) is 0. The van der Waals surface area contributed by atoms with Crippen LogP contribution in [0.1, 0.15) is 99.3 Å². The van der Waals surface area contributed by atoms with E-state index in [9.17, 15) is 9.59 Å². The number of rotatable bonds is 9. The quantitative estimate of drug-likeness (QED) is 0.0824. The first-order chi connectivity index (χ1) is 28.6. The van der Waals surface area contributed by atoms with Crippen LogP contribution in [0.4, 0.5) is 0 Å². The fraction of sp³-hybridized carbons (Fsp3) is 0.360. The van der Waals surface area contributed by atoms with E-state index >= 15 is 0 Å². The van der Waals surface area contributed by atoms with Gasteiger partial charge >= 0.3 is 0 Å². The molecule has 10 rings (SSSR count). The van der Waals surface area contributed by atoms with Crippen molar-refractivity contribution in [3.8, 4) is 33.9 Å². The number of nitrogens with zero attached hydrogens (tertiary/aromatic N) is 4. The van der Waals surface area contributed by atoms with Gasteiger partial charge in [0.15, 0.2) is 10.3 Å². The average Bonchev–Trinajstić information content (AvgIpc) is 3.26. The third kappa shape index (κ3) is 6.61. The van der Waals surface area contributed by atoms with Crippen molar-refractivity contribution in [3.05, 3.63) is 152 Å². The number of fused-ring (bicyclic) bond motifs is 8. The van der Waals surface area contributed by atoms with Crippen LogP contribution in [-0.4, -0.2) is 30.6 Å². The van der Waals surface area contributed by atoms with Gasteiger partial charge in [-0.2, -0.15) is 0 Å². The Labute approximate surface area is 349 Å². The molecule has 0 N–H and O–H groups in total. The molecule has 2 fully saturated rings. The molecule has 2 aromatic heterocycles. The fourth-order valence-corrected chi connectivity index (χ4v) is 12.7. The number of hydrogen-bond acceptors (Lipinski definition) is 6. The van der Waals surface area contributed by atoms with Crippen molar-refractivity contribution in [2.45, 2.75) is 111 Å². The largest absolute Gasteiger partial charge is 0.268 e. The lowest BCUT2D eigenvalue weighted by Crippen LogP contribution is -2.42. The summed E-state index contributed by atoms with van der Waals surface area (Å²) in [5, 5.41) is 1.52. The summed E-state index contributed by atoms with van der Waals surface area (Å²) in [6.45, 7) is 0. The molecule has 4 aliphatic carbocycles. The van der Waals surface area contributed by atoms with Gasteiger partial charge in [-0.15, -0.1) is 0 Å². The zero-order chi connectivity index (χ0) is 39.1. The van der Waals surface area contributed by atoms with Crippen molar-refractivity contribution >= 4 is 23.5 Å². The van der Waals surface area contributed by atoms with E-state index in [1.165, 1.54) is 24.0 Å². The second-order valence-corrected chi connectivity index (χ2v) is 19.1. The molecule has 0 atom stereocenters. The Morgan fingerprint density at radius 2 is 0.862 bits per heavy atom. The van der Waals surface area contributed by atoms with E-state index in [1.54, 1.807) is 23.5 Å². The maximum atomic E-state index is 14.9. The van der Waals surface area contributed by atoms with E-state index in [0.29, 0.717) is 0 Å². The van der Waals surface area contributed by atoms with Crippen LogP contribution in [0, 0.1) is 0 Å². The highest BCUT2D eigenvalue weighted by Crippen LogP contribution is 2.50. The van der Waals surface area contributed by atoms with Gasteiger partial charge in [-0.1, -0.05) is 147 Å². The zero-order valence-corrected chi connectivity index (χ0v) is 34.8. The van der Waals surface area contributed by atoms with Crippen LogP contribution < -0.4 is 11.1 Å². The highest BCUT2D eigenvalue weighted by atomic mass is 32.2. The molecule has 2 saturated carbocycles. The van der Waals surface area contributed by atoms with Crippen molar-refractivity contribution in [1.29, 1.82) is 0 Å². The van der Waals surface area contributed by atoms with Crippen LogP contribution in [0.2, 0.25) is 0 Å². The van der Waals surface area contributed by atoms with E-state index in [1.807, 2.05) is 69.8 Å². The second-order valence-electron chi connectivity index (χ2n) is 16.9. The Balaban J connectivity index is 0.943. The van der Waals surface area contributed by atoms with Gasteiger partial charge in [-0.25, -0.2) is 9.97 Å². The van der Waals surface area contributed by atoms with Gasteiger partial charge in [-0.05, 0) is 86.8 Å². The number of unbranched alkanes of at least 4 members (excludes halogenated alkanes) is 1. The summed E-state index contributed by atoms with van der Waals surface area (Å²) in [5.74, 6) is 1.65. The number of para-hydroxylation sites is 2. The first-order valence-corrected chi connectivity index (χ1v) is 23.4. The van der Waals surface area contributed by atoms with Crippen LogP contribution in [0.5, 0.6) is 0 Å². The molecule has 294 valence electrons. The molecule has 0 bridgehead atoms. The topological polar surface area (TPSA) is 69.8 Å². The lowest BCUT2D eigenvalue weighted by atomic mass is 9.62. The molecule has 6 nitrogen and oxygen atoms in total. The summed E-state index contributed by atoms with van der Waals surface area (Å²) < 4.78 is 3.80. The zero-order valence-electron chi connectivity index (χ0n) is 33.1. The van der Waals surface area contributed by atoms with Gasteiger partial charge in [0.2, 0.25) is 0 Å². The summed E-state index contributed by atoms with van der Waals surface area (Å²) in [5.41, 5.74) is 10.1. The molecule has 0 aliphatic heterocycles. The Kier molecular flexibility index (Phi) is 10.3. The molecule has 0 radical (unpaired) electrons. The molecule has 4 aromatic carbocycles. The van der Waals surface area contributed by atoms with E-state index < -0.39 is 0 Å². The fourth-order valence-electron chi connectivity index (χ4n) is 10.7. The smallest absolute Gasteiger partial charge is 0.263 e. The number of benzene rings is 4. The van der Waals surface area contributed by atoms with Crippen molar-refractivity contribution in [2.75, 3.05) is 11.5 Å². The van der Waals surface area contributed by atoms with E-state index in [0.717, 1.165) is 144 Å². The Morgan fingerprint density at radius 3 is 1.28 bits per heavy atom. The highest BCUT2D eigenvalue weighted by molar-refractivity contribution is 7.99. The third-order valence-electron chi connectivity index (χ3n) is 13.4. The molecular weight excluding hydrogens is 753 g/mol. The number of aromatic nitrogens is 4. The molecule has 0 unspecified atom stereocenters. The van der Waals surface area contributed by atoms with Gasteiger partial charge in [0.05, 0.1) is 33.9 Å². The van der Waals surface area contributed by atoms with Crippen molar-refractivity contribution in [1.82, 2.24) is 19.1 Å². The van der Waals surface area contributed by atoms with Gasteiger partial charge in [0, 0.05) is 33.5 Å². The minimum absolute atomic E-state index is 0.0969. The van der Waals surface area contributed by atoms with Gasteiger partial charge < -0.3 is 0 Å². The molecule has 4 aliphatic rings. The molecule has 8 heteroatoms. The molecule has 6 aromatic rings. The predicted octanol–water partition coefficient (Wildman–Crippen LogP) is 11.3. The molecule has 0 amide bonds. The summed E-state index contributed by atoms with van der Waals surface area (Å²) in [6, 6.07) is 37.4. The maximum absolute atomic E-state index is 14.9. The van der Waals surface area contributed by atoms with Gasteiger partial charge in [-0.3, -0.25) is 18.7 Å². The molecule has 0 saturated heterocycles. The Hall–Kier alpha value is -4.66. The van der Waals surface area contributed by atoms with Crippen LogP contribution in [0.3, 0.4) is 0 Å². The van der Waals surface area contributed by atoms with Crippen LogP contribution in [-0.2, 0) is 23.7 Å². The van der Waals surface area contributed by atoms with Gasteiger partial charge in [0.25, 0.3) is 11.1 Å². The monoisotopic (exact) mass is 802 g/mol. The summed E-state index contributed by atoms with van der Waals surface area (Å²) in [4.78, 5) is 40.7. The maximum Gasteiger partial charge on any atom is 0.263 e. The summed E-state index contributed by atoms with van der Waals surface area (Å²) >= 11 is 3.36. The third-order valence-corrected chi connectivity index (χ3v) is 15.5. The summed E-state index contributed by atoms with van der Waals surface area (Å²) in [6.07, 6.45) is 14.9. The minimum atomic E-state index is -0.159. The molecular formula is C50H50N4O2S2. The SMILES string of the molecule is O=c1c2c(nc(SCCCCSc3nc4c(c(=O)n3-c3ccccc3)C3(CCCCC3)Cc3ccccc3-4)n1-c1ccccc1)-c1ccccc1CC21CCCCC1. The molecule has 2 heterocycles. The Morgan fingerprint density at radius 1 is 0.483 bits per heavy atom. The first-order valence-electron chi connectivity index (χ1n) is 21.4. The van der Waals surface area contributed by atoms with Crippen LogP contribution in [0.15, 0.2) is 129 Å². The lowest BCUT2D eigenvalue weighted by Gasteiger charge is -2.42. The van der Waals surface area contributed by atoms with Gasteiger partial charge in [0.1, 0.15) is 0 Å². The van der Waals surface area contributed by atoms with E-state index in [-0.39, 0.29) is 21.9 Å². The van der Waals surface area contributed by atoms with E-state index in [2.05, 4.69) is 48.5 Å². The number of hydrogen-bond donors (Lipinski definition) is 0. The Bertz CT molecular complexity index is 2410. The lowest BCUT2D eigenvalue weighted by molar-refractivity contribution is 0.283. The molecule has 58 heavy (non-hydrogen) atoms. The van der Waals surface area contributed by atoms with Crippen molar-refractivity contribution in [3.63, 3.8) is 0 Å². The standard InChI is InChI=1S/C50H50N4O2S2/c55-45-41-43(39-25-11-9-19-35(39)33-49(41)27-13-3-14-28-49)51-47(53(45)37-21-5-1-6-22-37)57-31-17-18-32-58-48-52-44-40-26-12-10-20-36(40)34-50(29-15-4-16-30-50)42(44)46(56)54(48)38-23-7-2-8-24-38/h1-2,5-12,19-26H,3-4,13-18,27-34H2. The van der Waals surface area contributed by atoms with Crippen LogP contribution in [0.25, 0.3) is 33.9 Å². The predicted molar refractivity (Wildman–Crippen MR) is 238 cm³/mol. The first kappa shape index (κ1) is 37.6. The normalized spacial score (nSPS) is 17.3. The van der Waals surface area contributed by atoms with E-state index in [4.69, 9.17) is 9.97 Å².